The third-order valence-electron chi connectivity index (χ3n) is 16.9. The molecule has 91 heavy (non-hydrogen) atoms. The Morgan fingerprint density at radius 3 is 0.780 bits per heavy atom. The molecule has 0 aromatic carbocycles. The summed E-state index contributed by atoms with van der Waals surface area (Å²) in [5.41, 5.74) is 0. The zero-order chi connectivity index (χ0) is 67.5. The minimum Gasteiger partial charge on any atom is -0.462 e. The lowest BCUT2D eigenvalue weighted by Gasteiger charge is -2.21. The van der Waals surface area contributed by atoms with Gasteiger partial charge in [0.15, 0.2) is 12.2 Å². The minimum absolute atomic E-state index is 0.101. The normalized spacial score (nSPS) is 14.5. The van der Waals surface area contributed by atoms with Crippen LogP contribution in [0, 0.1) is 23.7 Å². The summed E-state index contributed by atoms with van der Waals surface area (Å²) >= 11 is 0. The summed E-state index contributed by atoms with van der Waals surface area (Å²) in [6.45, 7) is 14.1. The summed E-state index contributed by atoms with van der Waals surface area (Å²) in [5.74, 6) is 0.832. The number of hydrogen-bond acceptors (Lipinski definition) is 15. The molecule has 0 fully saturated rings. The molecule has 0 saturated heterocycles. The molecule has 0 aromatic heterocycles. The number of aliphatic hydroxyl groups excluding tert-OH is 1. The summed E-state index contributed by atoms with van der Waals surface area (Å²) in [5, 5.41) is 10.6. The molecule has 0 heterocycles. The van der Waals surface area contributed by atoms with Crippen molar-refractivity contribution >= 4 is 39.5 Å². The quantitative estimate of drug-likeness (QED) is 0.0222. The SMILES string of the molecule is CCC(C)CCCCCCCCC(=O)O[C@H](COC(=O)CCCCCCCCC(C)C)COP(=O)(O)OC[C@H](O)COP(=O)(O)OC[C@@H](COC(=O)CCCCCCCCCCCCCCCCCCC(C)C)OC(=O)CCCCCCCCCCCCC(C)C. The van der Waals surface area contributed by atoms with Crippen LogP contribution >= 0.6 is 15.6 Å². The average molecular weight is 1340 g/mol. The Hall–Kier alpha value is -1.94. The number of rotatable bonds is 69. The van der Waals surface area contributed by atoms with E-state index in [0.29, 0.717) is 31.6 Å². The van der Waals surface area contributed by atoms with Crippen LogP contribution in [0.1, 0.15) is 357 Å². The van der Waals surface area contributed by atoms with E-state index in [2.05, 4.69) is 55.4 Å². The topological polar surface area (TPSA) is 237 Å². The van der Waals surface area contributed by atoms with Crippen LogP contribution in [-0.4, -0.2) is 96.7 Å². The number of phosphoric ester groups is 2. The van der Waals surface area contributed by atoms with Crippen molar-refractivity contribution in [2.45, 2.75) is 375 Å². The lowest BCUT2D eigenvalue weighted by Crippen LogP contribution is -2.30. The van der Waals surface area contributed by atoms with Crippen molar-refractivity contribution in [1.82, 2.24) is 0 Å². The highest BCUT2D eigenvalue weighted by Gasteiger charge is 2.30. The smallest absolute Gasteiger partial charge is 0.462 e. The second-order valence-electron chi connectivity index (χ2n) is 27.6. The molecule has 540 valence electrons. The Kier molecular flexibility index (Phi) is 60.3. The van der Waals surface area contributed by atoms with Crippen LogP contribution in [0.5, 0.6) is 0 Å². The molecule has 0 aliphatic heterocycles. The van der Waals surface area contributed by atoms with Gasteiger partial charge in [-0.1, -0.05) is 306 Å². The van der Waals surface area contributed by atoms with Crippen LogP contribution in [0.25, 0.3) is 0 Å². The van der Waals surface area contributed by atoms with Gasteiger partial charge in [0.1, 0.15) is 19.3 Å². The van der Waals surface area contributed by atoms with E-state index in [0.717, 1.165) is 114 Å². The highest BCUT2D eigenvalue weighted by molar-refractivity contribution is 7.47. The van der Waals surface area contributed by atoms with Gasteiger partial charge in [-0.3, -0.25) is 37.3 Å². The Morgan fingerprint density at radius 2 is 0.527 bits per heavy atom. The second kappa shape index (κ2) is 61.6. The molecule has 0 aromatic rings. The number of carbonyl (C=O) groups excluding carboxylic acids is 4. The summed E-state index contributed by atoms with van der Waals surface area (Å²) in [4.78, 5) is 72.5. The number of unbranched alkanes of at least 4 members (excludes halogenated alkanes) is 34. The monoisotopic (exact) mass is 1340 g/mol. The Morgan fingerprint density at radius 1 is 0.308 bits per heavy atom. The third-order valence-corrected chi connectivity index (χ3v) is 18.8. The highest BCUT2D eigenvalue weighted by Crippen LogP contribution is 2.45. The first kappa shape index (κ1) is 89.1. The van der Waals surface area contributed by atoms with Gasteiger partial charge in [0.25, 0.3) is 0 Å². The van der Waals surface area contributed by atoms with E-state index < -0.39 is 97.5 Å². The van der Waals surface area contributed by atoms with Crippen molar-refractivity contribution in [3.8, 4) is 0 Å². The molecule has 6 atom stereocenters. The maximum atomic E-state index is 13.0. The van der Waals surface area contributed by atoms with Crippen LogP contribution in [0.15, 0.2) is 0 Å². The van der Waals surface area contributed by atoms with Crippen molar-refractivity contribution in [3.63, 3.8) is 0 Å². The fraction of sp³-hybridized carbons (Fsp3) is 0.944. The van der Waals surface area contributed by atoms with Gasteiger partial charge in [-0.05, 0) is 49.4 Å². The van der Waals surface area contributed by atoms with E-state index in [9.17, 15) is 43.2 Å². The first-order valence-electron chi connectivity index (χ1n) is 37.2. The van der Waals surface area contributed by atoms with Crippen molar-refractivity contribution in [3.05, 3.63) is 0 Å². The molecule has 17 nitrogen and oxygen atoms in total. The van der Waals surface area contributed by atoms with Crippen molar-refractivity contribution < 1.29 is 80.2 Å². The average Bonchev–Trinajstić information content (AvgIpc) is 2.78. The van der Waals surface area contributed by atoms with Crippen LogP contribution in [-0.2, 0) is 65.4 Å². The summed E-state index contributed by atoms with van der Waals surface area (Å²) in [6.07, 6.45) is 44.7. The van der Waals surface area contributed by atoms with Gasteiger partial charge in [-0.25, -0.2) is 9.13 Å². The van der Waals surface area contributed by atoms with Crippen molar-refractivity contribution in [2.75, 3.05) is 39.6 Å². The summed E-state index contributed by atoms with van der Waals surface area (Å²) in [6, 6.07) is 0. The van der Waals surface area contributed by atoms with E-state index in [1.165, 1.54) is 154 Å². The van der Waals surface area contributed by atoms with Crippen molar-refractivity contribution in [1.29, 1.82) is 0 Å². The number of esters is 4. The Bertz CT molecular complexity index is 1800. The molecular formula is C72H140O17P2. The van der Waals surface area contributed by atoms with Crippen LogP contribution in [0.3, 0.4) is 0 Å². The van der Waals surface area contributed by atoms with E-state index in [1.54, 1.807) is 0 Å². The van der Waals surface area contributed by atoms with E-state index in [-0.39, 0.29) is 25.7 Å². The molecule has 0 aliphatic carbocycles. The number of ether oxygens (including phenoxy) is 4. The predicted octanol–water partition coefficient (Wildman–Crippen LogP) is 20.5. The first-order chi connectivity index (χ1) is 43.6. The Balaban J connectivity index is 5.19. The fourth-order valence-corrected chi connectivity index (χ4v) is 12.4. The molecule has 0 aliphatic rings. The number of hydrogen-bond donors (Lipinski definition) is 3. The largest absolute Gasteiger partial charge is 0.472 e. The van der Waals surface area contributed by atoms with Gasteiger partial charge in [-0.2, -0.15) is 0 Å². The maximum absolute atomic E-state index is 13.0. The first-order valence-corrected chi connectivity index (χ1v) is 40.2. The van der Waals surface area contributed by atoms with Gasteiger partial charge in [0.2, 0.25) is 0 Å². The Labute approximate surface area is 556 Å². The molecule has 0 radical (unpaired) electrons. The van der Waals surface area contributed by atoms with Gasteiger partial charge >= 0.3 is 39.5 Å². The molecular weight excluding hydrogens is 1200 g/mol. The standard InChI is InChI=1S/C72H140O17P2/c1-9-65(8)51-43-35-29-31-39-47-55-72(77)89-68(59-83-70(75)53-45-37-30-28-34-42-50-64(6)7)61-87-91(80,81)85-57-66(73)56-84-90(78,79)86-60-67(88-71(76)54-46-38-27-23-19-18-21-25-33-41-49-63(4)5)58-82-69(74)52-44-36-26-22-17-15-13-11-10-12-14-16-20-24-32-40-48-62(2)3/h62-68,73H,9-61H2,1-8H3,(H,78,79)(H,80,81)/t65?,66-,67-,68-/m1/s1. The molecule has 3 N–H and O–H groups in total. The maximum Gasteiger partial charge on any atom is 0.472 e. The van der Waals surface area contributed by atoms with Crippen LogP contribution in [0.4, 0.5) is 0 Å². The lowest BCUT2D eigenvalue weighted by molar-refractivity contribution is -0.161. The van der Waals surface area contributed by atoms with E-state index in [4.69, 9.17) is 37.0 Å². The molecule has 0 amide bonds. The lowest BCUT2D eigenvalue weighted by atomic mass is 10.00. The van der Waals surface area contributed by atoms with Gasteiger partial charge in [0, 0.05) is 25.7 Å². The molecule has 3 unspecified atom stereocenters. The number of aliphatic hydroxyl groups is 1. The van der Waals surface area contributed by atoms with Gasteiger partial charge in [-0.15, -0.1) is 0 Å². The minimum atomic E-state index is -4.95. The van der Waals surface area contributed by atoms with Gasteiger partial charge < -0.3 is 33.8 Å². The zero-order valence-corrected chi connectivity index (χ0v) is 61.3. The molecule has 19 heteroatoms. The van der Waals surface area contributed by atoms with Crippen molar-refractivity contribution in [2.24, 2.45) is 23.7 Å². The molecule has 0 bridgehead atoms. The van der Waals surface area contributed by atoms with E-state index in [1.807, 2.05) is 0 Å². The van der Waals surface area contributed by atoms with Crippen LogP contribution in [0.2, 0.25) is 0 Å². The third kappa shape index (κ3) is 65.1. The highest BCUT2D eigenvalue weighted by atomic mass is 31.2. The number of carbonyl (C=O) groups is 4. The fourth-order valence-electron chi connectivity index (χ4n) is 10.8. The zero-order valence-electron chi connectivity index (χ0n) is 59.5. The molecule has 0 rings (SSSR count). The summed E-state index contributed by atoms with van der Waals surface area (Å²) in [7, 11) is -9.90. The van der Waals surface area contributed by atoms with Gasteiger partial charge in [0.05, 0.1) is 26.4 Å². The predicted molar refractivity (Wildman–Crippen MR) is 367 cm³/mol. The van der Waals surface area contributed by atoms with Crippen LogP contribution < -0.4 is 0 Å². The number of phosphoric acid groups is 2. The molecule has 0 spiro atoms. The second-order valence-corrected chi connectivity index (χ2v) is 30.6. The molecule has 0 saturated carbocycles. The summed E-state index contributed by atoms with van der Waals surface area (Å²) < 4.78 is 68.3. The van der Waals surface area contributed by atoms with E-state index >= 15 is 0 Å².